The van der Waals surface area contributed by atoms with Gasteiger partial charge in [-0.1, -0.05) is 24.4 Å². The molecule has 1 aliphatic rings. The quantitative estimate of drug-likeness (QED) is 0.211. The molecule has 0 radical (unpaired) electrons. The molecule has 0 unspecified atom stereocenters. The number of nitrogens with two attached hydrogens (primary N) is 1. The fourth-order valence-corrected chi connectivity index (χ4v) is 3.76. The number of aliphatic hydroxyl groups is 2. The van der Waals surface area contributed by atoms with Crippen LogP contribution in [0.3, 0.4) is 0 Å². The first kappa shape index (κ1) is 20.1. The predicted molar refractivity (Wildman–Crippen MR) is 108 cm³/mol. The van der Waals surface area contributed by atoms with Crippen LogP contribution in [0.5, 0.6) is 0 Å². The highest BCUT2D eigenvalue weighted by Crippen LogP contribution is 2.47. The van der Waals surface area contributed by atoms with E-state index in [9.17, 15) is 15.0 Å². The van der Waals surface area contributed by atoms with E-state index in [2.05, 4.69) is 27.5 Å². The van der Waals surface area contributed by atoms with Gasteiger partial charge in [0.05, 0.1) is 27.0 Å². The topological polar surface area (TPSA) is 126 Å². The standard InChI is InChI=1S/C16H17Cl2N5O3S/c1-20-7-9(6-19)16(25,26)23-13(24)10-4-8(15(22-27)2-3-15)5-11(17)12(10)21-14(23)18/h4-7,22,25-27H,2-3,19H2,1H3/b9-6+,20-7?. The SMILES string of the molecule is CN=C/C(=C\N)C(O)(O)n1c(Cl)nc2c(Cl)cc(C3(NS)CC3)cc2c1=O. The molecule has 8 nitrogen and oxygen atoms in total. The van der Waals surface area contributed by atoms with E-state index in [-0.39, 0.29) is 27.0 Å². The Morgan fingerprint density at radius 2 is 2.15 bits per heavy atom. The predicted octanol–water partition coefficient (Wildman–Crippen LogP) is 1.26. The lowest BCUT2D eigenvalue weighted by atomic mass is 10.0. The molecule has 0 bridgehead atoms. The van der Waals surface area contributed by atoms with Gasteiger partial charge >= 0.3 is 0 Å². The smallest absolute Gasteiger partial charge is 0.286 e. The summed E-state index contributed by atoms with van der Waals surface area (Å²) < 4.78 is 3.44. The zero-order chi connectivity index (χ0) is 20.0. The average Bonchev–Trinajstić information content (AvgIpc) is 3.41. The van der Waals surface area contributed by atoms with Crippen LogP contribution < -0.4 is 16.0 Å². The summed E-state index contributed by atoms with van der Waals surface area (Å²) in [6.07, 6.45) is 3.66. The van der Waals surface area contributed by atoms with Crippen molar-refractivity contribution >= 4 is 53.1 Å². The molecule has 144 valence electrons. The highest BCUT2D eigenvalue weighted by molar-refractivity contribution is 7.78. The van der Waals surface area contributed by atoms with Crippen molar-refractivity contribution in [2.24, 2.45) is 10.7 Å². The van der Waals surface area contributed by atoms with Crippen LogP contribution in [0.1, 0.15) is 18.4 Å². The molecule has 0 saturated heterocycles. The van der Waals surface area contributed by atoms with Crippen molar-refractivity contribution in [3.8, 4) is 0 Å². The largest absolute Gasteiger partial charge is 0.404 e. The monoisotopic (exact) mass is 429 g/mol. The van der Waals surface area contributed by atoms with Crippen molar-refractivity contribution in [1.82, 2.24) is 14.3 Å². The second-order valence-corrected chi connectivity index (χ2v) is 7.18. The van der Waals surface area contributed by atoms with Crippen molar-refractivity contribution in [1.29, 1.82) is 0 Å². The number of aliphatic imine (C=N–C) groups is 1. The van der Waals surface area contributed by atoms with Crippen LogP contribution >= 0.6 is 36.0 Å². The lowest BCUT2D eigenvalue weighted by molar-refractivity contribution is -0.193. The molecule has 11 heteroatoms. The molecule has 1 aromatic carbocycles. The van der Waals surface area contributed by atoms with E-state index < -0.39 is 16.8 Å². The van der Waals surface area contributed by atoms with Gasteiger partial charge in [0, 0.05) is 19.5 Å². The van der Waals surface area contributed by atoms with E-state index in [0.29, 0.717) is 4.57 Å². The third kappa shape index (κ3) is 3.24. The molecular weight excluding hydrogens is 413 g/mol. The van der Waals surface area contributed by atoms with Gasteiger partial charge in [0.15, 0.2) is 0 Å². The highest BCUT2D eigenvalue weighted by Gasteiger charge is 2.44. The number of nitrogens with one attached hydrogen (secondary N) is 1. The summed E-state index contributed by atoms with van der Waals surface area (Å²) in [5.41, 5.74) is 4.90. The van der Waals surface area contributed by atoms with Crippen LogP contribution in [-0.2, 0) is 11.4 Å². The van der Waals surface area contributed by atoms with E-state index in [0.717, 1.165) is 30.8 Å². The van der Waals surface area contributed by atoms with Crippen molar-refractivity contribution in [3.05, 3.63) is 50.1 Å². The van der Waals surface area contributed by atoms with Gasteiger partial charge in [-0.3, -0.25) is 14.5 Å². The Morgan fingerprint density at radius 3 is 2.67 bits per heavy atom. The van der Waals surface area contributed by atoms with Gasteiger partial charge in [0.25, 0.3) is 11.5 Å². The summed E-state index contributed by atoms with van der Waals surface area (Å²) >= 11 is 16.5. The number of hydrogen-bond acceptors (Lipinski definition) is 8. The van der Waals surface area contributed by atoms with Gasteiger partial charge in [0.1, 0.15) is 0 Å². The second-order valence-electron chi connectivity index (χ2n) is 6.21. The summed E-state index contributed by atoms with van der Waals surface area (Å²) in [4.78, 5) is 20.8. The average molecular weight is 430 g/mol. The minimum atomic E-state index is -2.86. The number of nitrogens with zero attached hydrogens (tertiary/aromatic N) is 3. The van der Waals surface area contributed by atoms with Crippen LogP contribution in [0.4, 0.5) is 0 Å². The van der Waals surface area contributed by atoms with Crippen LogP contribution in [0.25, 0.3) is 10.9 Å². The molecule has 0 spiro atoms. The number of hydrogen-bond donors (Lipinski definition) is 5. The molecule has 27 heavy (non-hydrogen) atoms. The Balaban J connectivity index is 2.31. The first-order chi connectivity index (χ1) is 12.7. The first-order valence-corrected chi connectivity index (χ1v) is 9.05. The van der Waals surface area contributed by atoms with Gasteiger partial charge in [0.2, 0.25) is 5.28 Å². The molecule has 0 amide bonds. The van der Waals surface area contributed by atoms with E-state index in [1.165, 1.54) is 7.05 Å². The van der Waals surface area contributed by atoms with Crippen LogP contribution in [0.2, 0.25) is 10.3 Å². The molecule has 1 heterocycles. The summed E-state index contributed by atoms with van der Waals surface area (Å²) in [5, 5.41) is 20.9. The molecule has 2 aromatic rings. The van der Waals surface area contributed by atoms with Crippen LogP contribution in [-0.4, -0.2) is 33.0 Å². The Hall–Kier alpha value is -1.62. The third-order valence-corrected chi connectivity index (χ3v) is 5.52. The summed E-state index contributed by atoms with van der Waals surface area (Å²) in [7, 11) is 1.41. The maximum absolute atomic E-state index is 13.1. The molecule has 1 fully saturated rings. The number of benzene rings is 1. The highest BCUT2D eigenvalue weighted by atomic mass is 35.5. The Bertz CT molecular complexity index is 1030. The van der Waals surface area contributed by atoms with Crippen molar-refractivity contribution in [3.63, 3.8) is 0 Å². The van der Waals surface area contributed by atoms with Gasteiger partial charge in [-0.2, -0.15) is 0 Å². The van der Waals surface area contributed by atoms with Crippen LogP contribution in [0, 0.1) is 0 Å². The van der Waals surface area contributed by atoms with E-state index in [1.54, 1.807) is 12.1 Å². The maximum atomic E-state index is 13.1. The van der Waals surface area contributed by atoms with E-state index in [4.69, 9.17) is 28.9 Å². The van der Waals surface area contributed by atoms with Crippen molar-refractivity contribution < 1.29 is 10.2 Å². The molecular formula is C16H17Cl2N5O3S. The molecule has 5 N–H and O–H groups in total. The van der Waals surface area contributed by atoms with Gasteiger partial charge < -0.3 is 15.9 Å². The summed E-state index contributed by atoms with van der Waals surface area (Å²) in [6.45, 7) is 0. The molecule has 1 saturated carbocycles. The van der Waals surface area contributed by atoms with E-state index >= 15 is 0 Å². The normalized spacial score (nSPS) is 17.0. The Labute approximate surface area is 169 Å². The minimum absolute atomic E-state index is 0.0778. The molecule has 3 rings (SSSR count). The zero-order valence-corrected chi connectivity index (χ0v) is 16.6. The second kappa shape index (κ2) is 7.08. The zero-order valence-electron chi connectivity index (χ0n) is 14.1. The summed E-state index contributed by atoms with van der Waals surface area (Å²) in [6, 6.07) is 3.28. The number of rotatable bonds is 5. The van der Waals surface area contributed by atoms with Gasteiger partial charge in [-0.25, -0.2) is 9.55 Å². The minimum Gasteiger partial charge on any atom is -0.404 e. The summed E-state index contributed by atoms with van der Waals surface area (Å²) in [5.74, 6) is -2.86. The van der Waals surface area contributed by atoms with Crippen LogP contribution in [0.15, 0.2) is 33.7 Å². The third-order valence-electron chi connectivity index (χ3n) is 4.55. The number of halogens is 2. The van der Waals surface area contributed by atoms with Gasteiger partial charge in [-0.05, 0) is 42.1 Å². The first-order valence-electron chi connectivity index (χ1n) is 7.85. The lowest BCUT2D eigenvalue weighted by Crippen LogP contribution is -2.44. The molecule has 1 aliphatic carbocycles. The Kier molecular flexibility index (Phi) is 5.28. The maximum Gasteiger partial charge on any atom is 0.286 e. The number of aromatic nitrogens is 2. The molecule has 0 atom stereocenters. The molecule has 1 aromatic heterocycles. The van der Waals surface area contributed by atoms with Gasteiger partial charge in [-0.15, -0.1) is 0 Å². The van der Waals surface area contributed by atoms with Crippen molar-refractivity contribution in [2.45, 2.75) is 24.3 Å². The van der Waals surface area contributed by atoms with E-state index in [1.807, 2.05) is 0 Å². The lowest BCUT2D eigenvalue weighted by Gasteiger charge is -2.26. The number of fused-ring (bicyclic) bond motifs is 1. The fourth-order valence-electron chi connectivity index (χ4n) is 2.87. The van der Waals surface area contributed by atoms with Crippen molar-refractivity contribution in [2.75, 3.05) is 7.05 Å². The number of thiol groups is 1. The fraction of sp³-hybridized carbons (Fsp3) is 0.312. The molecule has 0 aliphatic heterocycles. The Morgan fingerprint density at radius 1 is 1.48 bits per heavy atom.